The lowest BCUT2D eigenvalue weighted by molar-refractivity contribution is 0.194. The summed E-state index contributed by atoms with van der Waals surface area (Å²) in [6, 6.07) is 0. The summed E-state index contributed by atoms with van der Waals surface area (Å²) in [7, 11) is 0. The minimum absolute atomic E-state index is 0.513. The van der Waals surface area contributed by atoms with Gasteiger partial charge < -0.3 is 5.11 Å². The third kappa shape index (κ3) is 1.15. The molecule has 0 aliphatic heterocycles. The standard InChI is InChI=1S/C6H9ClN2O/c1-3-5(7)6(4(2)10)9-8-3/h4,10H,1-2H3,(H,8,9). The number of nitrogens with one attached hydrogen (secondary N) is 1. The highest BCUT2D eigenvalue weighted by atomic mass is 35.5. The first-order valence-electron chi connectivity index (χ1n) is 3.01. The molecule has 1 aromatic heterocycles. The molecule has 2 N–H and O–H groups in total. The molecular weight excluding hydrogens is 152 g/mol. The van der Waals surface area contributed by atoms with Gasteiger partial charge in [-0.3, -0.25) is 5.10 Å². The van der Waals surface area contributed by atoms with Crippen LogP contribution in [0.2, 0.25) is 5.02 Å². The maximum absolute atomic E-state index is 9.05. The molecule has 0 radical (unpaired) electrons. The smallest absolute Gasteiger partial charge is 0.109 e. The summed E-state index contributed by atoms with van der Waals surface area (Å²) in [5.74, 6) is 0. The predicted molar refractivity (Wildman–Crippen MR) is 39.0 cm³/mol. The molecule has 0 fully saturated rings. The third-order valence-electron chi connectivity index (χ3n) is 1.29. The van der Waals surface area contributed by atoms with Crippen LogP contribution in [0.4, 0.5) is 0 Å². The molecule has 1 atom stereocenters. The van der Waals surface area contributed by atoms with Crippen LogP contribution in [0, 0.1) is 6.92 Å². The highest BCUT2D eigenvalue weighted by Gasteiger charge is 2.11. The van der Waals surface area contributed by atoms with E-state index in [0.29, 0.717) is 10.7 Å². The van der Waals surface area contributed by atoms with Crippen LogP contribution in [-0.4, -0.2) is 15.3 Å². The summed E-state index contributed by atoms with van der Waals surface area (Å²) in [6.45, 7) is 3.43. The number of hydrogen-bond acceptors (Lipinski definition) is 2. The van der Waals surface area contributed by atoms with Crippen LogP contribution >= 0.6 is 11.6 Å². The van der Waals surface area contributed by atoms with Gasteiger partial charge in [0.1, 0.15) is 5.69 Å². The second-order valence-corrected chi connectivity index (χ2v) is 2.60. The maximum Gasteiger partial charge on any atom is 0.109 e. The van der Waals surface area contributed by atoms with Gasteiger partial charge in [0, 0.05) is 0 Å². The van der Waals surface area contributed by atoms with Gasteiger partial charge in [-0.05, 0) is 13.8 Å². The molecule has 0 bridgehead atoms. The zero-order valence-corrected chi connectivity index (χ0v) is 6.61. The molecule has 4 heteroatoms. The minimum atomic E-state index is -0.600. The summed E-state index contributed by atoms with van der Waals surface area (Å²) in [5.41, 5.74) is 1.30. The number of aromatic amines is 1. The Balaban J connectivity index is 3.05. The van der Waals surface area contributed by atoms with Gasteiger partial charge in [-0.25, -0.2) is 0 Å². The normalized spacial score (nSPS) is 13.6. The molecule has 56 valence electrons. The monoisotopic (exact) mass is 160 g/mol. The average Bonchev–Trinajstić information content (AvgIpc) is 2.14. The number of aliphatic hydroxyl groups is 1. The molecule has 0 aromatic carbocycles. The van der Waals surface area contributed by atoms with Gasteiger partial charge in [-0.2, -0.15) is 5.10 Å². The first kappa shape index (κ1) is 7.57. The molecule has 1 rings (SSSR count). The van der Waals surface area contributed by atoms with E-state index in [1.165, 1.54) is 0 Å². The lowest BCUT2D eigenvalue weighted by atomic mass is 10.3. The van der Waals surface area contributed by atoms with Gasteiger partial charge in [0.15, 0.2) is 0 Å². The maximum atomic E-state index is 9.05. The zero-order valence-electron chi connectivity index (χ0n) is 5.85. The van der Waals surface area contributed by atoms with Crippen molar-refractivity contribution < 1.29 is 5.11 Å². The fourth-order valence-corrected chi connectivity index (χ4v) is 0.954. The van der Waals surface area contributed by atoms with Crippen LogP contribution in [0.5, 0.6) is 0 Å². The van der Waals surface area contributed by atoms with Crippen molar-refractivity contribution in [3.63, 3.8) is 0 Å². The summed E-state index contributed by atoms with van der Waals surface area (Å²) in [6.07, 6.45) is -0.600. The molecule has 0 saturated heterocycles. The molecule has 0 spiro atoms. The average molecular weight is 161 g/mol. The van der Waals surface area contributed by atoms with E-state index in [-0.39, 0.29) is 0 Å². The molecule has 1 unspecified atom stereocenters. The van der Waals surface area contributed by atoms with Crippen molar-refractivity contribution in [2.45, 2.75) is 20.0 Å². The lowest BCUT2D eigenvalue weighted by Gasteiger charge is -1.97. The number of halogens is 1. The van der Waals surface area contributed by atoms with E-state index in [4.69, 9.17) is 16.7 Å². The van der Waals surface area contributed by atoms with Crippen molar-refractivity contribution in [1.29, 1.82) is 0 Å². The van der Waals surface area contributed by atoms with Crippen molar-refractivity contribution in [3.8, 4) is 0 Å². The van der Waals surface area contributed by atoms with Crippen LogP contribution in [-0.2, 0) is 0 Å². The predicted octanol–water partition coefficient (Wildman–Crippen LogP) is 1.42. The fraction of sp³-hybridized carbons (Fsp3) is 0.500. The molecule has 1 aromatic rings. The number of aliphatic hydroxyl groups excluding tert-OH is 1. The summed E-state index contributed by atoms with van der Waals surface area (Å²) >= 11 is 5.75. The number of aromatic nitrogens is 2. The SMILES string of the molecule is Cc1[nH]nc(C(C)O)c1Cl. The van der Waals surface area contributed by atoms with Crippen LogP contribution in [0.1, 0.15) is 24.4 Å². The summed E-state index contributed by atoms with van der Waals surface area (Å²) in [4.78, 5) is 0. The Morgan fingerprint density at radius 2 is 2.30 bits per heavy atom. The number of hydrogen-bond donors (Lipinski definition) is 2. The number of H-pyrrole nitrogens is 1. The minimum Gasteiger partial charge on any atom is -0.387 e. The second-order valence-electron chi connectivity index (χ2n) is 2.22. The van der Waals surface area contributed by atoms with E-state index in [2.05, 4.69) is 10.2 Å². The van der Waals surface area contributed by atoms with Crippen molar-refractivity contribution in [2.75, 3.05) is 0 Å². The van der Waals surface area contributed by atoms with Crippen LogP contribution in [0.3, 0.4) is 0 Å². The molecule has 10 heavy (non-hydrogen) atoms. The van der Waals surface area contributed by atoms with Gasteiger partial charge in [0.05, 0.1) is 16.8 Å². The molecule has 0 aliphatic rings. The van der Waals surface area contributed by atoms with Crippen LogP contribution in [0.25, 0.3) is 0 Å². The zero-order chi connectivity index (χ0) is 7.72. The van der Waals surface area contributed by atoms with Crippen molar-refractivity contribution in [1.82, 2.24) is 10.2 Å². The largest absolute Gasteiger partial charge is 0.387 e. The molecule has 1 heterocycles. The second kappa shape index (κ2) is 2.60. The highest BCUT2D eigenvalue weighted by Crippen LogP contribution is 2.22. The van der Waals surface area contributed by atoms with Crippen molar-refractivity contribution in [2.24, 2.45) is 0 Å². The van der Waals surface area contributed by atoms with E-state index in [9.17, 15) is 0 Å². The van der Waals surface area contributed by atoms with Crippen LogP contribution < -0.4 is 0 Å². The highest BCUT2D eigenvalue weighted by molar-refractivity contribution is 6.31. The fourth-order valence-electron chi connectivity index (χ4n) is 0.711. The first-order valence-corrected chi connectivity index (χ1v) is 3.39. The molecular formula is C6H9ClN2O. The molecule has 0 amide bonds. The van der Waals surface area contributed by atoms with Crippen molar-refractivity contribution in [3.05, 3.63) is 16.4 Å². The van der Waals surface area contributed by atoms with Gasteiger partial charge >= 0.3 is 0 Å². The number of aryl methyl sites for hydroxylation is 1. The first-order chi connectivity index (χ1) is 4.63. The van der Waals surface area contributed by atoms with Gasteiger partial charge in [-0.1, -0.05) is 11.6 Å². The Morgan fingerprint density at radius 1 is 1.70 bits per heavy atom. The number of nitrogens with zero attached hydrogens (tertiary/aromatic N) is 1. The van der Waals surface area contributed by atoms with Crippen LogP contribution in [0.15, 0.2) is 0 Å². The van der Waals surface area contributed by atoms with E-state index >= 15 is 0 Å². The summed E-state index contributed by atoms with van der Waals surface area (Å²) in [5, 5.41) is 16.1. The molecule has 0 aliphatic carbocycles. The molecule has 3 nitrogen and oxygen atoms in total. The van der Waals surface area contributed by atoms with E-state index in [1.807, 2.05) is 0 Å². The Hall–Kier alpha value is -0.540. The Bertz CT molecular complexity index is 232. The van der Waals surface area contributed by atoms with Gasteiger partial charge in [-0.15, -0.1) is 0 Å². The van der Waals surface area contributed by atoms with Crippen molar-refractivity contribution >= 4 is 11.6 Å². The van der Waals surface area contributed by atoms with E-state index in [1.54, 1.807) is 13.8 Å². The van der Waals surface area contributed by atoms with Gasteiger partial charge in [0.25, 0.3) is 0 Å². The Kier molecular flexibility index (Phi) is 1.97. The van der Waals surface area contributed by atoms with E-state index in [0.717, 1.165) is 5.69 Å². The van der Waals surface area contributed by atoms with Gasteiger partial charge in [0.2, 0.25) is 0 Å². The lowest BCUT2D eigenvalue weighted by Crippen LogP contribution is -1.91. The Morgan fingerprint density at radius 3 is 2.50 bits per heavy atom. The topological polar surface area (TPSA) is 48.9 Å². The summed E-state index contributed by atoms with van der Waals surface area (Å²) < 4.78 is 0. The Labute approximate surface area is 64.0 Å². The quantitative estimate of drug-likeness (QED) is 0.653. The van der Waals surface area contributed by atoms with E-state index < -0.39 is 6.10 Å². The third-order valence-corrected chi connectivity index (χ3v) is 1.77. The molecule has 0 saturated carbocycles. The number of rotatable bonds is 1.